The first-order valence-corrected chi connectivity index (χ1v) is 6.60. The lowest BCUT2D eigenvalue weighted by Crippen LogP contribution is -2.19. The van der Waals surface area contributed by atoms with Crippen molar-refractivity contribution in [2.45, 2.75) is 6.92 Å². The van der Waals surface area contributed by atoms with E-state index in [0.717, 1.165) is 16.5 Å². The number of carbonyl (C=O) groups is 1. The number of aromatic amines is 1. The van der Waals surface area contributed by atoms with Crippen molar-refractivity contribution in [2.24, 2.45) is 5.73 Å². The number of hydrogen-bond acceptors (Lipinski definition) is 6. The first kappa shape index (κ1) is 15.4. The zero-order valence-corrected chi connectivity index (χ0v) is 12.0. The molecule has 0 aliphatic carbocycles. The number of hydrogen-bond donors (Lipinski definition) is 4. The molecule has 0 spiro atoms. The molecule has 7 nitrogen and oxygen atoms in total. The third kappa shape index (κ3) is 3.02. The molecule has 2 aromatic rings. The zero-order chi connectivity index (χ0) is 16.1. The molecule has 0 fully saturated rings. The van der Waals surface area contributed by atoms with Gasteiger partial charge >= 0.3 is 5.97 Å². The van der Waals surface area contributed by atoms with Gasteiger partial charge in [0, 0.05) is 11.6 Å². The highest BCUT2D eigenvalue weighted by atomic mass is 16.5. The number of aliphatic hydroxyl groups excluding tert-OH is 1. The van der Waals surface area contributed by atoms with E-state index in [-0.39, 0.29) is 24.6 Å². The van der Waals surface area contributed by atoms with Crippen LogP contribution in [-0.2, 0) is 9.53 Å². The molecule has 22 heavy (non-hydrogen) atoms. The van der Waals surface area contributed by atoms with E-state index in [1.165, 1.54) is 0 Å². The zero-order valence-electron chi connectivity index (χ0n) is 12.0. The number of aryl methyl sites for hydroxylation is 1. The van der Waals surface area contributed by atoms with E-state index in [2.05, 4.69) is 10.3 Å². The molecule has 0 saturated carbocycles. The maximum absolute atomic E-state index is 11.7. The van der Waals surface area contributed by atoms with Crippen molar-refractivity contribution in [3.8, 4) is 6.07 Å². The summed E-state index contributed by atoms with van der Waals surface area (Å²) < 4.78 is 4.70. The summed E-state index contributed by atoms with van der Waals surface area (Å²) in [5.74, 6) is -0.985. The van der Waals surface area contributed by atoms with Gasteiger partial charge in [-0.3, -0.25) is 0 Å². The number of para-hydroxylation sites is 1. The number of fused-ring (bicyclic) bond motifs is 1. The Bertz CT molecular complexity index is 771. The average Bonchev–Trinajstić information content (AvgIpc) is 2.88. The molecule has 0 saturated heterocycles. The van der Waals surface area contributed by atoms with E-state index in [1.54, 1.807) is 12.1 Å². The van der Waals surface area contributed by atoms with Gasteiger partial charge in [0.05, 0.1) is 17.8 Å². The van der Waals surface area contributed by atoms with Crippen LogP contribution in [0.4, 0.5) is 5.69 Å². The van der Waals surface area contributed by atoms with Crippen molar-refractivity contribution in [1.29, 1.82) is 5.26 Å². The van der Waals surface area contributed by atoms with Gasteiger partial charge in [0.15, 0.2) is 5.57 Å². The number of nitrogens with two attached hydrogens (primary N) is 1. The quantitative estimate of drug-likeness (QED) is 0.372. The largest absolute Gasteiger partial charge is 0.459 e. The van der Waals surface area contributed by atoms with Gasteiger partial charge in [-0.1, -0.05) is 12.1 Å². The van der Waals surface area contributed by atoms with E-state index in [0.29, 0.717) is 5.69 Å². The van der Waals surface area contributed by atoms with Crippen LogP contribution in [0.2, 0.25) is 0 Å². The highest BCUT2D eigenvalue weighted by Crippen LogP contribution is 2.25. The summed E-state index contributed by atoms with van der Waals surface area (Å²) in [7, 11) is 0. The second-order valence-corrected chi connectivity index (χ2v) is 4.58. The number of benzene rings is 1. The Morgan fingerprint density at radius 2 is 2.32 bits per heavy atom. The highest BCUT2D eigenvalue weighted by molar-refractivity contribution is 5.96. The molecule has 0 radical (unpaired) electrons. The third-order valence-electron chi connectivity index (χ3n) is 3.10. The van der Waals surface area contributed by atoms with E-state index in [1.807, 2.05) is 25.3 Å². The van der Waals surface area contributed by atoms with Gasteiger partial charge in [-0.15, -0.1) is 0 Å². The average molecular weight is 300 g/mol. The summed E-state index contributed by atoms with van der Waals surface area (Å²) in [5.41, 5.74) is 8.00. The molecule has 0 unspecified atom stereocenters. The van der Waals surface area contributed by atoms with Gasteiger partial charge in [0.1, 0.15) is 18.5 Å². The van der Waals surface area contributed by atoms with Crippen LogP contribution in [0.25, 0.3) is 10.9 Å². The first-order chi connectivity index (χ1) is 10.6. The third-order valence-corrected chi connectivity index (χ3v) is 3.10. The SMILES string of the molecule is Cc1c[nH]c2c(N/C(N)=C(\C#N)C(=O)OCCO)cccc12. The van der Waals surface area contributed by atoms with Gasteiger partial charge in [0.25, 0.3) is 0 Å². The number of carbonyl (C=O) groups excluding carboxylic acids is 1. The predicted molar refractivity (Wildman–Crippen MR) is 81.5 cm³/mol. The minimum Gasteiger partial charge on any atom is -0.459 e. The first-order valence-electron chi connectivity index (χ1n) is 6.60. The van der Waals surface area contributed by atoms with Gasteiger partial charge in [-0.05, 0) is 18.6 Å². The standard InChI is InChI=1S/C15H16N4O3/c1-9-8-18-13-10(9)3-2-4-12(13)19-14(17)11(7-16)15(21)22-6-5-20/h2-4,8,18-20H,5-6,17H2,1H3/b14-11+. The summed E-state index contributed by atoms with van der Waals surface area (Å²) in [6.07, 6.45) is 1.86. The summed E-state index contributed by atoms with van der Waals surface area (Å²) in [6, 6.07) is 7.28. The summed E-state index contributed by atoms with van der Waals surface area (Å²) in [6.45, 7) is 1.45. The van der Waals surface area contributed by atoms with Crippen molar-refractivity contribution >= 4 is 22.6 Å². The van der Waals surface area contributed by atoms with Crippen molar-refractivity contribution in [3.05, 3.63) is 41.4 Å². The molecule has 0 aliphatic rings. The number of aliphatic hydroxyl groups is 1. The number of aromatic nitrogens is 1. The lowest BCUT2D eigenvalue weighted by atomic mass is 10.1. The van der Waals surface area contributed by atoms with Crippen molar-refractivity contribution in [3.63, 3.8) is 0 Å². The Kier molecular flexibility index (Phi) is 4.66. The topological polar surface area (TPSA) is 124 Å². The van der Waals surface area contributed by atoms with Gasteiger partial charge in [-0.25, -0.2) is 4.79 Å². The Morgan fingerprint density at radius 1 is 1.55 bits per heavy atom. The Hall–Kier alpha value is -2.98. The second-order valence-electron chi connectivity index (χ2n) is 4.58. The molecule has 2 rings (SSSR count). The smallest absolute Gasteiger partial charge is 0.352 e. The van der Waals surface area contributed by atoms with E-state index in [9.17, 15) is 4.79 Å². The number of rotatable bonds is 5. The van der Waals surface area contributed by atoms with Crippen molar-refractivity contribution in [1.82, 2.24) is 4.98 Å². The van der Waals surface area contributed by atoms with E-state index < -0.39 is 5.97 Å². The molecule has 0 amide bonds. The van der Waals surface area contributed by atoms with Crippen LogP contribution in [0.3, 0.4) is 0 Å². The normalized spacial score (nSPS) is 11.7. The lowest BCUT2D eigenvalue weighted by molar-refractivity contribution is -0.139. The number of nitrogens with zero attached hydrogens (tertiary/aromatic N) is 1. The van der Waals surface area contributed by atoms with Crippen LogP contribution in [-0.4, -0.2) is 29.3 Å². The monoisotopic (exact) mass is 300 g/mol. The summed E-state index contributed by atoms with van der Waals surface area (Å²) >= 11 is 0. The van der Waals surface area contributed by atoms with Crippen LogP contribution >= 0.6 is 0 Å². The Labute approximate surface area is 127 Å². The molecule has 1 aromatic carbocycles. The fourth-order valence-electron chi connectivity index (χ4n) is 2.03. The molecule has 5 N–H and O–H groups in total. The molecule has 0 atom stereocenters. The lowest BCUT2D eigenvalue weighted by Gasteiger charge is -2.10. The Balaban J connectivity index is 2.32. The number of esters is 1. The number of nitriles is 1. The molecular formula is C15H16N4O3. The fraction of sp³-hybridized carbons (Fsp3) is 0.200. The molecule has 0 aliphatic heterocycles. The van der Waals surface area contributed by atoms with Crippen LogP contribution < -0.4 is 11.1 Å². The van der Waals surface area contributed by atoms with Gasteiger partial charge < -0.3 is 25.9 Å². The maximum atomic E-state index is 11.7. The molecule has 114 valence electrons. The molecular weight excluding hydrogens is 284 g/mol. The molecule has 0 bridgehead atoms. The van der Waals surface area contributed by atoms with Crippen LogP contribution in [0, 0.1) is 18.3 Å². The van der Waals surface area contributed by atoms with Gasteiger partial charge in [0.2, 0.25) is 0 Å². The molecule has 1 heterocycles. The van der Waals surface area contributed by atoms with Crippen molar-refractivity contribution < 1.29 is 14.6 Å². The number of ether oxygens (including phenoxy) is 1. The van der Waals surface area contributed by atoms with Crippen LogP contribution in [0.15, 0.2) is 35.8 Å². The van der Waals surface area contributed by atoms with Gasteiger partial charge in [-0.2, -0.15) is 5.26 Å². The predicted octanol–water partition coefficient (Wildman–Crippen LogP) is 1.12. The summed E-state index contributed by atoms with van der Waals surface area (Å²) in [4.78, 5) is 14.8. The van der Waals surface area contributed by atoms with E-state index >= 15 is 0 Å². The number of H-pyrrole nitrogens is 1. The van der Waals surface area contributed by atoms with Crippen molar-refractivity contribution in [2.75, 3.05) is 18.5 Å². The minimum absolute atomic E-state index is 0.106. The molecule has 7 heteroatoms. The summed E-state index contributed by atoms with van der Waals surface area (Å²) in [5, 5.41) is 21.6. The number of anilines is 1. The highest BCUT2D eigenvalue weighted by Gasteiger charge is 2.16. The Morgan fingerprint density at radius 3 is 3.00 bits per heavy atom. The minimum atomic E-state index is -0.878. The van der Waals surface area contributed by atoms with Crippen LogP contribution in [0.1, 0.15) is 5.56 Å². The maximum Gasteiger partial charge on any atom is 0.352 e. The number of nitrogens with one attached hydrogen (secondary N) is 2. The fourth-order valence-corrected chi connectivity index (χ4v) is 2.03. The van der Waals surface area contributed by atoms with Crippen LogP contribution in [0.5, 0.6) is 0 Å². The second kappa shape index (κ2) is 6.65. The molecule has 1 aromatic heterocycles. The van der Waals surface area contributed by atoms with E-state index in [4.69, 9.17) is 20.8 Å².